The molecule has 19 heavy (non-hydrogen) atoms. The number of fused-ring (bicyclic) bond motifs is 1. The molecule has 2 aromatic heterocycles. The van der Waals surface area contributed by atoms with Crippen LogP contribution in [-0.4, -0.2) is 4.98 Å². The summed E-state index contributed by atoms with van der Waals surface area (Å²) in [6.45, 7) is 0.234. The Bertz CT molecular complexity index is 712. The van der Waals surface area contributed by atoms with Crippen LogP contribution in [0, 0.1) is 6.01 Å². The smallest absolute Gasteiger partial charge is 0.278 e. The molecule has 0 spiro atoms. The maximum atomic E-state index is 13.2. The highest BCUT2D eigenvalue weighted by atomic mass is 35.5. The van der Waals surface area contributed by atoms with Gasteiger partial charge < -0.3 is 9.15 Å². The Morgan fingerprint density at radius 1 is 1.26 bits per heavy atom. The van der Waals surface area contributed by atoms with Crippen LogP contribution in [0.15, 0.2) is 47.0 Å². The summed E-state index contributed by atoms with van der Waals surface area (Å²) in [5, 5.41) is 0.991. The van der Waals surface area contributed by atoms with E-state index in [2.05, 4.69) is 4.98 Å². The molecule has 0 saturated carbocycles. The molecule has 0 aliphatic rings. The first kappa shape index (κ1) is 12.0. The summed E-state index contributed by atoms with van der Waals surface area (Å²) in [6, 6.07) is 9.41. The number of benzene rings is 1. The van der Waals surface area contributed by atoms with Crippen molar-refractivity contribution in [3.05, 3.63) is 59.2 Å². The largest absolute Gasteiger partial charge is 0.473 e. The van der Waals surface area contributed by atoms with E-state index in [0.29, 0.717) is 27.4 Å². The fraction of sp³-hybridized carbons (Fsp3) is 0.0714. The van der Waals surface area contributed by atoms with Crippen LogP contribution in [0.25, 0.3) is 11.0 Å². The molecular weight excluding hydrogens is 269 g/mol. The van der Waals surface area contributed by atoms with Crippen molar-refractivity contribution in [2.24, 2.45) is 0 Å². The number of pyridine rings is 1. The zero-order chi connectivity index (χ0) is 13.2. The molecule has 0 fully saturated rings. The summed E-state index contributed by atoms with van der Waals surface area (Å²) in [6.07, 6.45) is 1.64. The zero-order valence-corrected chi connectivity index (χ0v) is 10.5. The predicted molar refractivity (Wildman–Crippen MR) is 69.8 cm³/mol. The van der Waals surface area contributed by atoms with Crippen LogP contribution >= 0.6 is 11.6 Å². The van der Waals surface area contributed by atoms with Crippen LogP contribution in [0.3, 0.4) is 0 Å². The Balaban J connectivity index is 1.91. The van der Waals surface area contributed by atoms with Crippen LogP contribution in [0.1, 0.15) is 5.56 Å². The molecule has 0 aliphatic heterocycles. The third-order valence-corrected chi connectivity index (χ3v) is 3.02. The number of ether oxygens (including phenoxy) is 1. The van der Waals surface area contributed by atoms with Gasteiger partial charge in [-0.25, -0.2) is 4.98 Å². The molecule has 3 nitrogen and oxygen atoms in total. The minimum atomic E-state index is -0.665. The van der Waals surface area contributed by atoms with Gasteiger partial charge in [-0.2, -0.15) is 4.39 Å². The first-order valence-electron chi connectivity index (χ1n) is 5.64. The summed E-state index contributed by atoms with van der Waals surface area (Å²) in [4.78, 5) is 4.04. The number of hydrogen-bond acceptors (Lipinski definition) is 3. The molecule has 0 aliphatic carbocycles. The number of furan rings is 1. The second-order valence-electron chi connectivity index (χ2n) is 3.96. The minimum absolute atomic E-state index is 0.234. The van der Waals surface area contributed by atoms with Crippen LogP contribution in [0.4, 0.5) is 4.39 Å². The van der Waals surface area contributed by atoms with Gasteiger partial charge in [0.15, 0.2) is 0 Å². The van der Waals surface area contributed by atoms with Crippen molar-refractivity contribution in [3.8, 4) is 5.88 Å². The molecule has 96 valence electrons. The van der Waals surface area contributed by atoms with Crippen LogP contribution in [0.5, 0.6) is 5.88 Å². The lowest BCUT2D eigenvalue weighted by Crippen LogP contribution is -1.97. The molecule has 0 radical (unpaired) electrons. The van der Waals surface area contributed by atoms with Crippen molar-refractivity contribution >= 4 is 22.6 Å². The number of hydrogen-bond donors (Lipinski definition) is 0. The van der Waals surface area contributed by atoms with E-state index in [4.69, 9.17) is 20.8 Å². The first-order valence-corrected chi connectivity index (χ1v) is 6.02. The maximum absolute atomic E-state index is 13.2. The van der Waals surface area contributed by atoms with E-state index >= 15 is 0 Å². The highest BCUT2D eigenvalue weighted by Crippen LogP contribution is 2.29. The maximum Gasteiger partial charge on any atom is 0.278 e. The van der Waals surface area contributed by atoms with Gasteiger partial charge in [-0.1, -0.05) is 23.7 Å². The number of nitrogens with zero attached hydrogens (tertiary/aromatic N) is 1. The topological polar surface area (TPSA) is 35.3 Å². The van der Waals surface area contributed by atoms with E-state index in [1.165, 1.54) is 6.07 Å². The highest BCUT2D eigenvalue weighted by Gasteiger charge is 2.12. The SMILES string of the molecule is Fc1cc2c(Cl)ccc(COc3ccccn3)c2o1. The average molecular weight is 278 g/mol. The van der Waals surface area contributed by atoms with E-state index in [-0.39, 0.29) is 6.61 Å². The standard InChI is InChI=1S/C14H9ClFNO2/c15-11-5-4-9(14-10(11)7-12(16)19-14)8-18-13-3-1-2-6-17-13/h1-7H,8H2. The molecule has 0 saturated heterocycles. The lowest BCUT2D eigenvalue weighted by atomic mass is 10.1. The first-order chi connectivity index (χ1) is 9.24. The van der Waals surface area contributed by atoms with Gasteiger partial charge in [0.05, 0.1) is 5.02 Å². The zero-order valence-electron chi connectivity index (χ0n) is 9.77. The van der Waals surface area contributed by atoms with E-state index in [0.717, 1.165) is 0 Å². The molecule has 0 N–H and O–H groups in total. The average Bonchev–Trinajstić information content (AvgIpc) is 2.82. The molecule has 5 heteroatoms. The quantitative estimate of drug-likeness (QED) is 0.720. The number of rotatable bonds is 3. The van der Waals surface area contributed by atoms with Gasteiger partial charge >= 0.3 is 0 Å². The van der Waals surface area contributed by atoms with Crippen molar-refractivity contribution in [2.45, 2.75) is 6.61 Å². The van der Waals surface area contributed by atoms with Gasteiger partial charge in [0.2, 0.25) is 5.88 Å². The van der Waals surface area contributed by atoms with E-state index < -0.39 is 6.01 Å². The monoisotopic (exact) mass is 277 g/mol. The molecule has 0 unspecified atom stereocenters. The fourth-order valence-electron chi connectivity index (χ4n) is 1.81. The highest BCUT2D eigenvalue weighted by molar-refractivity contribution is 6.35. The van der Waals surface area contributed by atoms with Crippen LogP contribution in [-0.2, 0) is 6.61 Å². The molecule has 0 atom stereocenters. The molecule has 1 aromatic carbocycles. The Labute approximate surface area is 113 Å². The third kappa shape index (κ3) is 2.39. The third-order valence-electron chi connectivity index (χ3n) is 2.70. The minimum Gasteiger partial charge on any atom is -0.473 e. The molecule has 0 bridgehead atoms. The fourth-order valence-corrected chi connectivity index (χ4v) is 2.02. The molecule has 3 aromatic rings. The van der Waals surface area contributed by atoms with Crippen molar-refractivity contribution in [1.82, 2.24) is 4.98 Å². The van der Waals surface area contributed by atoms with Crippen LogP contribution < -0.4 is 4.74 Å². The Morgan fingerprint density at radius 2 is 2.16 bits per heavy atom. The van der Waals surface area contributed by atoms with Gasteiger partial charge in [-0.05, 0) is 12.1 Å². The summed E-state index contributed by atoms with van der Waals surface area (Å²) < 4.78 is 23.7. The Hall–Kier alpha value is -2.07. The van der Waals surface area contributed by atoms with Gasteiger partial charge in [0.25, 0.3) is 6.01 Å². The summed E-state index contributed by atoms with van der Waals surface area (Å²) in [5.74, 6) is 0.498. The molecular formula is C14H9ClFNO2. The van der Waals surface area contributed by atoms with Gasteiger partial charge in [0, 0.05) is 29.3 Å². The summed E-state index contributed by atoms with van der Waals surface area (Å²) >= 11 is 5.98. The van der Waals surface area contributed by atoms with Gasteiger partial charge in [-0.15, -0.1) is 0 Å². The van der Waals surface area contributed by atoms with Gasteiger partial charge in [-0.3, -0.25) is 0 Å². The second-order valence-corrected chi connectivity index (χ2v) is 4.36. The lowest BCUT2D eigenvalue weighted by molar-refractivity contribution is 0.292. The molecule has 0 amide bonds. The van der Waals surface area contributed by atoms with E-state index in [1.54, 1.807) is 30.5 Å². The number of aromatic nitrogens is 1. The number of halogens is 2. The Kier molecular flexibility index (Phi) is 3.09. The second kappa shape index (κ2) is 4.90. The van der Waals surface area contributed by atoms with E-state index in [1.807, 2.05) is 6.07 Å². The summed E-state index contributed by atoms with van der Waals surface area (Å²) in [5.41, 5.74) is 1.12. The van der Waals surface area contributed by atoms with Crippen molar-refractivity contribution < 1.29 is 13.5 Å². The Morgan fingerprint density at radius 3 is 2.95 bits per heavy atom. The van der Waals surface area contributed by atoms with Crippen molar-refractivity contribution in [2.75, 3.05) is 0 Å². The predicted octanol–water partition coefficient (Wildman–Crippen LogP) is 4.20. The summed E-state index contributed by atoms with van der Waals surface area (Å²) in [7, 11) is 0. The van der Waals surface area contributed by atoms with Crippen molar-refractivity contribution in [1.29, 1.82) is 0 Å². The lowest BCUT2D eigenvalue weighted by Gasteiger charge is -2.05. The van der Waals surface area contributed by atoms with Gasteiger partial charge in [0.1, 0.15) is 12.2 Å². The van der Waals surface area contributed by atoms with E-state index in [9.17, 15) is 4.39 Å². The normalized spacial score (nSPS) is 10.8. The van der Waals surface area contributed by atoms with Crippen molar-refractivity contribution in [3.63, 3.8) is 0 Å². The molecule has 2 heterocycles. The van der Waals surface area contributed by atoms with Crippen LogP contribution in [0.2, 0.25) is 5.02 Å². The molecule has 3 rings (SSSR count).